The summed E-state index contributed by atoms with van der Waals surface area (Å²) < 4.78 is 2.38. The van der Waals surface area contributed by atoms with E-state index >= 15 is 0 Å². The minimum absolute atomic E-state index is 0.337. The van der Waals surface area contributed by atoms with E-state index in [2.05, 4.69) is 68.4 Å². The largest absolute Gasteiger partial charge is 0.405 e. The highest BCUT2D eigenvalue weighted by atomic mass is 16.3. The Kier molecular flexibility index (Phi) is 6.78. The van der Waals surface area contributed by atoms with Gasteiger partial charge in [0.1, 0.15) is 5.60 Å². The number of fused-ring (bicyclic) bond motifs is 3. The maximum atomic E-state index is 11.6. The summed E-state index contributed by atoms with van der Waals surface area (Å²) in [4.78, 5) is 2.50. The van der Waals surface area contributed by atoms with Gasteiger partial charge in [-0.25, -0.2) is 0 Å². The van der Waals surface area contributed by atoms with E-state index in [1.54, 1.807) is 0 Å². The van der Waals surface area contributed by atoms with E-state index in [1.807, 2.05) is 13.0 Å². The monoisotopic (exact) mass is 409 g/mol. The number of hydrogen-bond acceptors (Lipinski definition) is 3. The second-order valence-electron chi connectivity index (χ2n) is 9.56. The average Bonchev–Trinajstić information content (AvgIpc) is 2.99. The maximum Gasteiger partial charge on any atom is 0.104 e. The third kappa shape index (κ3) is 4.50. The molecule has 1 unspecified atom stereocenters. The number of rotatable bonds is 7. The molecule has 0 aliphatic carbocycles. The molecule has 2 aromatic rings. The zero-order valence-electron chi connectivity index (χ0n) is 19.6. The molecule has 0 radical (unpaired) electrons. The molecule has 4 heteroatoms. The second-order valence-corrected chi connectivity index (χ2v) is 9.56. The van der Waals surface area contributed by atoms with Crippen LogP contribution in [0.25, 0.3) is 10.9 Å². The fourth-order valence-electron chi connectivity index (χ4n) is 4.61. The second kappa shape index (κ2) is 8.99. The fourth-order valence-corrected chi connectivity index (χ4v) is 4.61. The molecular formula is C26H39N3O. The highest BCUT2D eigenvalue weighted by Gasteiger charge is 2.30. The number of likely N-dealkylation sites (N-methyl/N-ethyl adjacent to an activating group) is 1. The Labute approximate surface area is 182 Å². The van der Waals surface area contributed by atoms with Crippen molar-refractivity contribution >= 4 is 10.9 Å². The van der Waals surface area contributed by atoms with Crippen molar-refractivity contribution in [2.75, 3.05) is 13.1 Å². The minimum atomic E-state index is -1.00. The third-order valence-corrected chi connectivity index (χ3v) is 6.35. The van der Waals surface area contributed by atoms with E-state index in [4.69, 9.17) is 5.73 Å². The molecule has 1 aromatic heterocycles. The van der Waals surface area contributed by atoms with Crippen LogP contribution in [0.3, 0.4) is 0 Å². The molecule has 1 aliphatic heterocycles. The first-order valence-electron chi connectivity index (χ1n) is 11.4. The van der Waals surface area contributed by atoms with Gasteiger partial charge in [0, 0.05) is 36.1 Å². The number of hydrogen-bond donors (Lipinski definition) is 2. The highest BCUT2D eigenvalue weighted by Crippen LogP contribution is 2.35. The van der Waals surface area contributed by atoms with Crippen molar-refractivity contribution in [3.8, 4) is 0 Å². The van der Waals surface area contributed by atoms with Gasteiger partial charge >= 0.3 is 0 Å². The van der Waals surface area contributed by atoms with Gasteiger partial charge in [-0.05, 0) is 60.3 Å². The van der Waals surface area contributed by atoms with Gasteiger partial charge in [-0.2, -0.15) is 0 Å². The van der Waals surface area contributed by atoms with Gasteiger partial charge in [0.05, 0.1) is 6.54 Å². The molecular weight excluding hydrogens is 370 g/mol. The summed E-state index contributed by atoms with van der Waals surface area (Å²) in [6, 6.07) is 6.88. The Balaban J connectivity index is 2.15. The lowest BCUT2D eigenvalue weighted by atomic mass is 9.92. The van der Waals surface area contributed by atoms with Crippen molar-refractivity contribution in [3.63, 3.8) is 0 Å². The first-order valence-corrected chi connectivity index (χ1v) is 11.4. The highest BCUT2D eigenvalue weighted by molar-refractivity contribution is 5.86. The molecule has 30 heavy (non-hydrogen) atoms. The zero-order chi connectivity index (χ0) is 22.1. The molecule has 4 nitrogen and oxygen atoms in total. The molecule has 3 N–H and O–H groups in total. The van der Waals surface area contributed by atoms with Crippen molar-refractivity contribution in [2.24, 2.45) is 11.7 Å². The molecule has 0 bridgehead atoms. The molecule has 0 fully saturated rings. The molecule has 1 atom stereocenters. The maximum absolute atomic E-state index is 11.6. The number of allylic oxidation sites excluding steroid dienone is 1. The standard InChI is InChI=1S/C26H39N3O/c1-7-28-13-11-24-23(16-28)22-9-8-20(19(4)5)15-25(22)29(24)17-26(6,30)21(10-12-27)14-18(2)3/h8-10,12,14-15,18-19,30H,7,11,13,16-17,27H2,1-6H3/b12-10-,21-14+. The lowest BCUT2D eigenvalue weighted by Gasteiger charge is -2.30. The summed E-state index contributed by atoms with van der Waals surface area (Å²) in [7, 11) is 0. The average molecular weight is 410 g/mol. The van der Waals surface area contributed by atoms with E-state index in [-0.39, 0.29) is 0 Å². The number of nitrogens with two attached hydrogens (primary N) is 1. The number of aliphatic hydroxyl groups is 1. The smallest absolute Gasteiger partial charge is 0.104 e. The Hall–Kier alpha value is -2.04. The fraction of sp³-hybridized carbons (Fsp3) is 0.538. The molecule has 0 saturated carbocycles. The Morgan fingerprint density at radius 3 is 2.60 bits per heavy atom. The van der Waals surface area contributed by atoms with Crippen molar-refractivity contribution in [1.29, 1.82) is 0 Å². The predicted molar refractivity (Wildman–Crippen MR) is 128 cm³/mol. The molecule has 0 spiro atoms. The molecule has 3 rings (SSSR count). The Morgan fingerprint density at radius 2 is 2.00 bits per heavy atom. The van der Waals surface area contributed by atoms with Gasteiger partial charge in [-0.1, -0.05) is 52.8 Å². The van der Waals surface area contributed by atoms with Crippen LogP contribution in [-0.2, 0) is 19.5 Å². The quantitative estimate of drug-likeness (QED) is 0.636. The van der Waals surface area contributed by atoms with E-state index < -0.39 is 5.60 Å². The number of benzene rings is 1. The summed E-state index contributed by atoms with van der Waals surface area (Å²) in [5.74, 6) is 0.808. The molecule has 164 valence electrons. The lowest BCUT2D eigenvalue weighted by molar-refractivity contribution is 0.0822. The molecule has 0 amide bonds. The summed E-state index contributed by atoms with van der Waals surface area (Å²) in [5, 5.41) is 12.9. The van der Waals surface area contributed by atoms with E-state index in [9.17, 15) is 5.11 Å². The van der Waals surface area contributed by atoms with Gasteiger partial charge in [0.2, 0.25) is 0 Å². The number of aromatic nitrogens is 1. The summed E-state index contributed by atoms with van der Waals surface area (Å²) in [6.07, 6.45) is 6.50. The molecule has 1 aromatic carbocycles. The van der Waals surface area contributed by atoms with Crippen LogP contribution in [0, 0.1) is 5.92 Å². The van der Waals surface area contributed by atoms with Crippen LogP contribution in [0.1, 0.15) is 64.3 Å². The van der Waals surface area contributed by atoms with Crippen LogP contribution in [0.5, 0.6) is 0 Å². The lowest BCUT2D eigenvalue weighted by Crippen LogP contribution is -2.35. The van der Waals surface area contributed by atoms with Gasteiger partial charge in [0.15, 0.2) is 0 Å². The summed E-state index contributed by atoms with van der Waals surface area (Å²) in [5.41, 5.74) is 11.0. The van der Waals surface area contributed by atoms with Crippen LogP contribution in [0.4, 0.5) is 0 Å². The first-order chi connectivity index (χ1) is 14.2. The Morgan fingerprint density at radius 1 is 1.27 bits per heavy atom. The van der Waals surface area contributed by atoms with Crippen LogP contribution in [0.15, 0.2) is 42.1 Å². The molecule has 1 aliphatic rings. The van der Waals surface area contributed by atoms with Crippen LogP contribution in [0.2, 0.25) is 0 Å². The van der Waals surface area contributed by atoms with E-state index in [1.165, 1.54) is 33.9 Å². The van der Waals surface area contributed by atoms with Crippen LogP contribution >= 0.6 is 0 Å². The normalized spacial score (nSPS) is 18.0. The predicted octanol–water partition coefficient (Wildman–Crippen LogP) is 4.95. The van der Waals surface area contributed by atoms with E-state index in [0.717, 1.165) is 31.6 Å². The van der Waals surface area contributed by atoms with Crippen molar-refractivity contribution in [3.05, 3.63) is 58.9 Å². The van der Waals surface area contributed by atoms with Crippen molar-refractivity contribution < 1.29 is 5.11 Å². The van der Waals surface area contributed by atoms with Gasteiger partial charge in [-0.3, -0.25) is 4.90 Å². The van der Waals surface area contributed by atoms with E-state index in [0.29, 0.717) is 18.4 Å². The van der Waals surface area contributed by atoms with Gasteiger partial charge < -0.3 is 15.4 Å². The molecule has 0 saturated heterocycles. The first kappa shape index (κ1) is 22.6. The van der Waals surface area contributed by atoms with Crippen LogP contribution < -0.4 is 5.73 Å². The van der Waals surface area contributed by atoms with Crippen molar-refractivity contribution in [1.82, 2.24) is 9.47 Å². The van der Waals surface area contributed by atoms with Gasteiger partial charge in [-0.15, -0.1) is 0 Å². The van der Waals surface area contributed by atoms with Crippen LogP contribution in [-0.4, -0.2) is 33.3 Å². The third-order valence-electron chi connectivity index (χ3n) is 6.35. The minimum Gasteiger partial charge on any atom is -0.405 e. The van der Waals surface area contributed by atoms with Gasteiger partial charge in [0.25, 0.3) is 0 Å². The summed E-state index contributed by atoms with van der Waals surface area (Å²) in [6.45, 7) is 16.5. The van der Waals surface area contributed by atoms with Crippen molar-refractivity contribution in [2.45, 2.75) is 72.6 Å². The Bertz CT molecular complexity index is 947. The molecule has 2 heterocycles. The number of nitrogens with zero attached hydrogens (tertiary/aromatic N) is 2. The topological polar surface area (TPSA) is 54.4 Å². The zero-order valence-corrected chi connectivity index (χ0v) is 19.6. The summed E-state index contributed by atoms with van der Waals surface area (Å²) >= 11 is 0. The SMILES string of the molecule is CCN1CCc2c(c3ccc(C(C)C)cc3n2CC(C)(O)C(/C=C\N)=C/C(C)C)C1.